The summed E-state index contributed by atoms with van der Waals surface area (Å²) in [6.07, 6.45) is 0.636. The molecule has 2 aromatic carbocycles. The number of aryl methyl sites for hydroxylation is 1. The third kappa shape index (κ3) is 5.27. The molecule has 3 aromatic rings. The second kappa shape index (κ2) is 8.62. The molecule has 3 rings (SSSR count). The van der Waals surface area contributed by atoms with Crippen LogP contribution in [0.15, 0.2) is 46.9 Å². The van der Waals surface area contributed by atoms with Crippen molar-refractivity contribution in [2.75, 3.05) is 11.9 Å². The molecule has 0 spiro atoms. The first-order valence-electron chi connectivity index (χ1n) is 7.75. The molecule has 0 saturated heterocycles. The first-order valence-corrected chi connectivity index (χ1v) is 9.74. The fraction of sp³-hybridized carbons (Fsp3) is 0.167. The number of nitrogens with one attached hydrogen (secondary N) is 1. The number of ether oxygens (including phenoxy) is 1. The van der Waals surface area contributed by atoms with E-state index in [2.05, 4.69) is 31.4 Å². The van der Waals surface area contributed by atoms with Gasteiger partial charge in [0.15, 0.2) is 6.61 Å². The van der Waals surface area contributed by atoms with Crippen molar-refractivity contribution < 1.29 is 9.53 Å². The van der Waals surface area contributed by atoms with Crippen LogP contribution in [0.4, 0.5) is 5.13 Å². The van der Waals surface area contributed by atoms with Crippen molar-refractivity contribution in [3.8, 4) is 5.75 Å². The maximum atomic E-state index is 12.0. The summed E-state index contributed by atoms with van der Waals surface area (Å²) >= 11 is 10.6. The number of aromatic nitrogens is 2. The Bertz CT molecular complexity index is 915. The summed E-state index contributed by atoms with van der Waals surface area (Å²) in [6.45, 7) is 1.88. The maximum Gasteiger partial charge on any atom is 0.264 e. The van der Waals surface area contributed by atoms with Gasteiger partial charge in [-0.05, 0) is 58.2 Å². The molecule has 5 nitrogen and oxygen atoms in total. The van der Waals surface area contributed by atoms with E-state index in [1.54, 1.807) is 0 Å². The largest absolute Gasteiger partial charge is 0.483 e. The zero-order valence-corrected chi connectivity index (χ0v) is 17.0. The monoisotopic (exact) mass is 451 g/mol. The van der Waals surface area contributed by atoms with Crippen molar-refractivity contribution in [3.05, 3.63) is 68.1 Å². The molecule has 26 heavy (non-hydrogen) atoms. The van der Waals surface area contributed by atoms with Gasteiger partial charge in [0.1, 0.15) is 10.8 Å². The molecule has 0 bridgehead atoms. The summed E-state index contributed by atoms with van der Waals surface area (Å²) < 4.78 is 6.34. The average molecular weight is 453 g/mol. The van der Waals surface area contributed by atoms with Crippen LogP contribution in [0.5, 0.6) is 5.75 Å². The van der Waals surface area contributed by atoms with Crippen LogP contribution in [-0.4, -0.2) is 22.7 Å². The van der Waals surface area contributed by atoms with Crippen LogP contribution < -0.4 is 10.1 Å². The molecule has 0 radical (unpaired) electrons. The molecule has 1 amide bonds. The number of halogens is 2. The molecule has 0 saturated carbocycles. The highest BCUT2D eigenvalue weighted by molar-refractivity contribution is 9.10. The highest BCUT2D eigenvalue weighted by atomic mass is 79.9. The number of hydrogen-bond acceptors (Lipinski definition) is 5. The minimum atomic E-state index is -0.285. The Morgan fingerprint density at radius 1 is 1.23 bits per heavy atom. The van der Waals surface area contributed by atoms with Gasteiger partial charge in [-0.1, -0.05) is 41.1 Å². The highest BCUT2D eigenvalue weighted by Crippen LogP contribution is 2.26. The van der Waals surface area contributed by atoms with Crippen molar-refractivity contribution in [1.82, 2.24) is 10.2 Å². The number of hydrogen-bond donors (Lipinski definition) is 1. The van der Waals surface area contributed by atoms with Crippen molar-refractivity contribution in [2.24, 2.45) is 0 Å². The lowest BCUT2D eigenvalue weighted by Gasteiger charge is -2.08. The van der Waals surface area contributed by atoms with E-state index in [9.17, 15) is 4.79 Å². The van der Waals surface area contributed by atoms with Crippen LogP contribution in [0.2, 0.25) is 5.02 Å². The molecular weight excluding hydrogens is 438 g/mol. The lowest BCUT2D eigenvalue weighted by Crippen LogP contribution is -2.20. The minimum absolute atomic E-state index is 0.103. The lowest BCUT2D eigenvalue weighted by molar-refractivity contribution is -0.118. The van der Waals surface area contributed by atoms with Gasteiger partial charge in [-0.15, -0.1) is 10.2 Å². The molecule has 1 aromatic heterocycles. The first-order chi connectivity index (χ1) is 12.5. The van der Waals surface area contributed by atoms with Gasteiger partial charge in [-0.2, -0.15) is 0 Å². The maximum absolute atomic E-state index is 12.0. The van der Waals surface area contributed by atoms with E-state index in [-0.39, 0.29) is 12.5 Å². The average Bonchev–Trinajstić information content (AvgIpc) is 3.03. The lowest BCUT2D eigenvalue weighted by atomic mass is 10.2. The quantitative estimate of drug-likeness (QED) is 0.579. The van der Waals surface area contributed by atoms with E-state index in [0.29, 0.717) is 22.3 Å². The van der Waals surface area contributed by atoms with Crippen LogP contribution in [0.1, 0.15) is 16.1 Å². The highest BCUT2D eigenvalue weighted by Gasteiger charge is 2.10. The zero-order chi connectivity index (χ0) is 18.5. The summed E-state index contributed by atoms with van der Waals surface area (Å²) in [5, 5.41) is 12.8. The fourth-order valence-electron chi connectivity index (χ4n) is 2.17. The molecule has 0 aliphatic carbocycles. The Morgan fingerprint density at radius 2 is 2.00 bits per heavy atom. The third-order valence-electron chi connectivity index (χ3n) is 3.43. The van der Waals surface area contributed by atoms with E-state index in [0.717, 1.165) is 20.6 Å². The van der Waals surface area contributed by atoms with E-state index < -0.39 is 0 Å². The Labute approximate surface area is 168 Å². The molecular formula is C18H15BrClN3O2S. The van der Waals surface area contributed by atoms with Gasteiger partial charge in [-0.25, -0.2) is 0 Å². The zero-order valence-electron chi connectivity index (χ0n) is 13.8. The van der Waals surface area contributed by atoms with Crippen molar-refractivity contribution in [3.63, 3.8) is 0 Å². The smallest absolute Gasteiger partial charge is 0.264 e. The number of carbonyl (C=O) groups excluding carboxylic acids is 1. The van der Waals surface area contributed by atoms with Crippen molar-refractivity contribution >= 4 is 49.9 Å². The molecule has 0 unspecified atom stereocenters. The third-order valence-corrected chi connectivity index (χ3v) is 5.14. The normalized spacial score (nSPS) is 10.6. The van der Waals surface area contributed by atoms with Gasteiger partial charge in [0.05, 0.1) is 4.47 Å². The fourth-order valence-corrected chi connectivity index (χ4v) is 3.70. The van der Waals surface area contributed by atoms with Crippen LogP contribution >= 0.6 is 38.9 Å². The standard InChI is InChI=1S/C18H15BrClN3O2S/c1-11-2-7-15(14(19)8-11)25-10-16(24)21-18-23-22-17(26-18)9-12-3-5-13(20)6-4-12/h2-8H,9-10H2,1H3,(H,21,23,24). The van der Waals surface area contributed by atoms with Gasteiger partial charge in [0, 0.05) is 11.4 Å². The van der Waals surface area contributed by atoms with E-state index in [1.807, 2.05) is 49.4 Å². The Balaban J connectivity index is 1.53. The summed E-state index contributed by atoms with van der Waals surface area (Å²) in [4.78, 5) is 12.0. The number of anilines is 1. The Kier molecular flexibility index (Phi) is 6.24. The topological polar surface area (TPSA) is 64.1 Å². The Morgan fingerprint density at radius 3 is 2.73 bits per heavy atom. The molecule has 134 valence electrons. The SMILES string of the molecule is Cc1ccc(OCC(=O)Nc2nnc(Cc3ccc(Cl)cc3)s2)c(Br)c1. The molecule has 0 atom stereocenters. The second-order valence-corrected chi connectivity index (χ2v) is 7.93. The van der Waals surface area contributed by atoms with E-state index in [1.165, 1.54) is 11.3 Å². The summed E-state index contributed by atoms with van der Waals surface area (Å²) in [7, 11) is 0. The minimum Gasteiger partial charge on any atom is -0.483 e. The number of amides is 1. The molecule has 1 N–H and O–H groups in total. The van der Waals surface area contributed by atoms with Crippen LogP contribution in [0.3, 0.4) is 0 Å². The van der Waals surface area contributed by atoms with Gasteiger partial charge >= 0.3 is 0 Å². The first kappa shape index (κ1) is 18.8. The number of carbonyl (C=O) groups is 1. The van der Waals surface area contributed by atoms with Crippen LogP contribution in [0.25, 0.3) is 0 Å². The van der Waals surface area contributed by atoms with E-state index >= 15 is 0 Å². The van der Waals surface area contributed by atoms with Gasteiger partial charge in [0.2, 0.25) is 5.13 Å². The van der Waals surface area contributed by atoms with Crippen molar-refractivity contribution in [1.29, 1.82) is 0 Å². The summed E-state index contributed by atoms with van der Waals surface area (Å²) in [6, 6.07) is 13.2. The van der Waals surface area contributed by atoms with Gasteiger partial charge in [-0.3, -0.25) is 10.1 Å². The predicted molar refractivity (Wildman–Crippen MR) is 107 cm³/mol. The summed E-state index contributed by atoms with van der Waals surface area (Å²) in [5.74, 6) is 0.332. The van der Waals surface area contributed by atoms with Crippen LogP contribution in [-0.2, 0) is 11.2 Å². The molecule has 8 heteroatoms. The molecule has 0 fully saturated rings. The van der Waals surface area contributed by atoms with Gasteiger partial charge in [0.25, 0.3) is 5.91 Å². The number of nitrogens with zero attached hydrogens (tertiary/aromatic N) is 2. The molecule has 0 aliphatic heterocycles. The van der Waals surface area contributed by atoms with Gasteiger partial charge < -0.3 is 4.74 Å². The predicted octanol–water partition coefficient (Wildman–Crippen LogP) is 4.87. The Hall–Kier alpha value is -1.96. The van der Waals surface area contributed by atoms with E-state index in [4.69, 9.17) is 16.3 Å². The number of rotatable bonds is 6. The van der Waals surface area contributed by atoms with Crippen molar-refractivity contribution in [2.45, 2.75) is 13.3 Å². The molecule has 0 aliphatic rings. The summed E-state index contributed by atoms with van der Waals surface area (Å²) in [5.41, 5.74) is 2.19. The second-order valence-electron chi connectivity index (χ2n) is 5.57. The molecule has 1 heterocycles. The number of benzene rings is 2. The van der Waals surface area contributed by atoms with Crippen LogP contribution in [0, 0.1) is 6.92 Å².